The molecule has 0 heterocycles. The van der Waals surface area contributed by atoms with Crippen LogP contribution in [0.2, 0.25) is 15.8 Å². The molecule has 0 unspecified atom stereocenters. The minimum Gasteiger partial charge on any atom is -1.00 e. The Bertz CT molecular complexity index is 105. The molecule has 0 saturated carbocycles. The van der Waals surface area contributed by atoms with E-state index in [9.17, 15) is 0 Å². The summed E-state index contributed by atoms with van der Waals surface area (Å²) in [5.74, 6) is 0. The van der Waals surface area contributed by atoms with Gasteiger partial charge in [0.2, 0.25) is 0 Å². The zero-order valence-corrected chi connectivity index (χ0v) is 12.8. The van der Waals surface area contributed by atoms with Gasteiger partial charge in [0.1, 0.15) is 0 Å². The Morgan fingerprint density at radius 1 is 0.714 bits per heavy atom. The minimum atomic E-state index is -0.588. The Labute approximate surface area is 122 Å². The molecule has 0 rings (SSSR count). The Hall–Kier alpha value is 1.15. The van der Waals surface area contributed by atoms with Crippen LogP contribution in [0.4, 0.5) is 0 Å². The molecular formula is C9H15Al2Cl3. The fourth-order valence-electron chi connectivity index (χ4n) is 0.996. The second-order valence-electron chi connectivity index (χ2n) is 2.44. The van der Waals surface area contributed by atoms with E-state index in [1.165, 1.54) is 15.8 Å². The van der Waals surface area contributed by atoms with E-state index >= 15 is 0 Å². The molecule has 0 spiro atoms. The average Bonchev–Trinajstić information content (AvgIpc) is 1.90. The van der Waals surface area contributed by atoms with E-state index in [4.69, 9.17) is 0 Å². The average molecular weight is 284 g/mol. The molecule has 0 fully saturated rings. The number of halogens is 3. The summed E-state index contributed by atoms with van der Waals surface area (Å²) in [6, 6.07) is 0. The van der Waals surface area contributed by atoms with Gasteiger partial charge in [-0.2, -0.15) is 0 Å². The van der Waals surface area contributed by atoms with Crippen LogP contribution in [-0.2, 0) is 0 Å². The fourth-order valence-corrected chi connectivity index (χ4v) is 2.99. The minimum absolute atomic E-state index is 0. The van der Waals surface area contributed by atoms with Gasteiger partial charge in [-0.1, -0.05) is 15.8 Å². The molecule has 0 atom stereocenters. The summed E-state index contributed by atoms with van der Waals surface area (Å²) in [4.78, 5) is 0. The first-order chi connectivity index (χ1) is 4.85. The molecule has 0 saturated heterocycles. The van der Waals surface area contributed by atoms with Crippen LogP contribution in [0.25, 0.3) is 0 Å². The van der Waals surface area contributed by atoms with Crippen LogP contribution in [0.15, 0.2) is 38.0 Å². The zero-order chi connectivity index (χ0) is 7.82. The monoisotopic (exact) mass is 282 g/mol. The molecule has 0 nitrogen and oxygen atoms in total. The van der Waals surface area contributed by atoms with Crippen LogP contribution >= 0.6 is 0 Å². The molecule has 0 aliphatic rings. The van der Waals surface area contributed by atoms with Crippen molar-refractivity contribution in [3.8, 4) is 0 Å². The third-order valence-corrected chi connectivity index (χ3v) is 4.50. The first kappa shape index (κ1) is 29.4. The molecule has 0 amide bonds. The molecule has 0 aromatic carbocycles. The summed E-state index contributed by atoms with van der Waals surface area (Å²) in [5, 5.41) is 3.62. The van der Waals surface area contributed by atoms with Crippen molar-refractivity contribution in [1.82, 2.24) is 0 Å². The van der Waals surface area contributed by atoms with E-state index in [0.717, 1.165) is 0 Å². The predicted octanol–water partition coefficient (Wildman–Crippen LogP) is -6.33. The summed E-state index contributed by atoms with van der Waals surface area (Å²) in [6.45, 7) is 11.2. The van der Waals surface area contributed by atoms with Crippen molar-refractivity contribution in [2.45, 2.75) is 15.8 Å². The van der Waals surface area contributed by atoms with Gasteiger partial charge in [-0.15, -0.1) is 38.0 Å². The van der Waals surface area contributed by atoms with Gasteiger partial charge in [0.25, 0.3) is 14.1 Å². The second kappa shape index (κ2) is 23.8. The largest absolute Gasteiger partial charge is 3.00 e. The SMILES string of the molecule is C=C[CH2][Al]([CH2]C=C)[CH2]C=C.[Al+3].[Cl-].[Cl-].[Cl-]. The molecule has 0 radical (unpaired) electrons. The van der Waals surface area contributed by atoms with Gasteiger partial charge in [-0.3, -0.25) is 0 Å². The van der Waals surface area contributed by atoms with Crippen molar-refractivity contribution in [1.29, 1.82) is 0 Å². The van der Waals surface area contributed by atoms with Gasteiger partial charge >= 0.3 is 17.4 Å². The molecular weight excluding hydrogens is 268 g/mol. The van der Waals surface area contributed by atoms with Gasteiger partial charge in [-0.25, -0.2) is 0 Å². The summed E-state index contributed by atoms with van der Waals surface area (Å²) in [6.07, 6.45) is 6.05. The predicted molar refractivity (Wildman–Crippen MR) is 56.5 cm³/mol. The van der Waals surface area contributed by atoms with Crippen molar-refractivity contribution < 1.29 is 37.2 Å². The zero-order valence-electron chi connectivity index (χ0n) is 8.26. The Morgan fingerprint density at radius 2 is 0.929 bits per heavy atom. The number of rotatable bonds is 6. The number of hydrogen-bond acceptors (Lipinski definition) is 0. The van der Waals surface area contributed by atoms with E-state index in [2.05, 4.69) is 19.7 Å². The molecule has 0 bridgehead atoms. The van der Waals surface area contributed by atoms with Crippen molar-refractivity contribution in [2.24, 2.45) is 0 Å². The smallest absolute Gasteiger partial charge is 1.00 e. The molecule has 5 heteroatoms. The summed E-state index contributed by atoms with van der Waals surface area (Å²) < 4.78 is 0. The van der Waals surface area contributed by atoms with Crippen LogP contribution < -0.4 is 37.2 Å². The summed E-state index contributed by atoms with van der Waals surface area (Å²) >= 11 is -0.588. The topological polar surface area (TPSA) is 0 Å². The van der Waals surface area contributed by atoms with Crippen molar-refractivity contribution >= 4 is 31.5 Å². The first-order valence-electron chi connectivity index (χ1n) is 3.67. The maximum atomic E-state index is 3.73. The molecule has 0 aliphatic carbocycles. The van der Waals surface area contributed by atoms with Crippen LogP contribution in [0, 0.1) is 0 Å². The Kier molecular flexibility index (Phi) is 50.0. The molecule has 0 aliphatic heterocycles. The van der Waals surface area contributed by atoms with E-state index in [1.54, 1.807) is 0 Å². The van der Waals surface area contributed by atoms with Crippen LogP contribution in [0.5, 0.6) is 0 Å². The van der Waals surface area contributed by atoms with E-state index in [-0.39, 0.29) is 54.6 Å². The molecule has 0 N–H and O–H groups in total. The number of hydrogen-bond donors (Lipinski definition) is 0. The maximum Gasteiger partial charge on any atom is 3.00 e. The maximum absolute atomic E-state index is 3.73. The van der Waals surface area contributed by atoms with Crippen molar-refractivity contribution in [2.75, 3.05) is 0 Å². The normalized spacial score (nSPS) is 6.00. The quantitative estimate of drug-likeness (QED) is 0.336. The van der Waals surface area contributed by atoms with Gasteiger partial charge in [-0.05, 0) is 0 Å². The standard InChI is InChI=1S/3C3H5.2Al.3ClH/c3*1-3-2;;;;;/h3*3H,1-2H2;;;3*1H/q;;;;+3;;;/p-3. The van der Waals surface area contributed by atoms with Gasteiger partial charge in [0, 0.05) is 0 Å². The van der Waals surface area contributed by atoms with Crippen LogP contribution in [0.1, 0.15) is 0 Å². The van der Waals surface area contributed by atoms with Crippen LogP contribution in [-0.4, -0.2) is 31.5 Å². The van der Waals surface area contributed by atoms with Crippen molar-refractivity contribution in [3.05, 3.63) is 38.0 Å². The van der Waals surface area contributed by atoms with E-state index < -0.39 is 14.1 Å². The van der Waals surface area contributed by atoms with Gasteiger partial charge in [0.15, 0.2) is 0 Å². The van der Waals surface area contributed by atoms with Crippen LogP contribution in [0.3, 0.4) is 0 Å². The summed E-state index contributed by atoms with van der Waals surface area (Å²) in [5.41, 5.74) is 0. The van der Waals surface area contributed by atoms with Gasteiger partial charge in [0.05, 0.1) is 0 Å². The molecule has 0 aromatic rings. The second-order valence-corrected chi connectivity index (χ2v) is 5.59. The fraction of sp³-hybridized carbons (Fsp3) is 0.333. The third-order valence-electron chi connectivity index (χ3n) is 1.50. The third kappa shape index (κ3) is 18.8. The molecule has 78 valence electrons. The molecule has 0 aromatic heterocycles. The first-order valence-corrected chi connectivity index (χ1v) is 6.12. The summed E-state index contributed by atoms with van der Waals surface area (Å²) in [7, 11) is 0. The number of allylic oxidation sites excluding steroid dienone is 3. The molecule has 14 heavy (non-hydrogen) atoms. The van der Waals surface area contributed by atoms with Gasteiger partial charge < -0.3 is 37.2 Å². The van der Waals surface area contributed by atoms with E-state index in [1.807, 2.05) is 18.2 Å². The Morgan fingerprint density at radius 3 is 1.07 bits per heavy atom. The van der Waals surface area contributed by atoms with E-state index in [0.29, 0.717) is 0 Å². The Balaban J connectivity index is -0.0000000675. The van der Waals surface area contributed by atoms with Crippen molar-refractivity contribution in [3.63, 3.8) is 0 Å².